The molecule has 0 aliphatic carbocycles. The zero-order valence-corrected chi connectivity index (χ0v) is 15.7. The summed E-state index contributed by atoms with van der Waals surface area (Å²) in [5, 5.41) is 5.29. The van der Waals surface area contributed by atoms with Crippen molar-refractivity contribution in [2.24, 2.45) is 0 Å². The number of likely N-dealkylation sites (N-methyl/N-ethyl adjacent to an activating group) is 1. The van der Waals surface area contributed by atoms with E-state index in [0.29, 0.717) is 18.7 Å². The summed E-state index contributed by atoms with van der Waals surface area (Å²) in [6.45, 7) is 3.42. The number of sulfonamides is 1. The first kappa shape index (κ1) is 21.1. The number of amides is 2. The number of nitrogens with zero attached hydrogens (tertiary/aromatic N) is 1. The number of nitrogens with one attached hydrogen (secondary N) is 2. The number of benzene rings is 1. The molecular formula is C16H25N3O5S. The lowest BCUT2D eigenvalue weighted by molar-refractivity contribution is -0.121. The van der Waals surface area contributed by atoms with Crippen molar-refractivity contribution in [2.45, 2.75) is 31.2 Å². The molecule has 0 spiro atoms. The molecule has 0 bridgehead atoms. The smallest absolute Gasteiger partial charge is 0.243 e. The van der Waals surface area contributed by atoms with E-state index in [1.54, 1.807) is 7.11 Å². The molecule has 1 aromatic rings. The van der Waals surface area contributed by atoms with Crippen molar-refractivity contribution in [3.05, 3.63) is 24.3 Å². The Labute approximate surface area is 148 Å². The van der Waals surface area contributed by atoms with Crippen LogP contribution in [0.5, 0.6) is 0 Å². The first-order chi connectivity index (χ1) is 11.7. The van der Waals surface area contributed by atoms with Gasteiger partial charge in [-0.15, -0.1) is 0 Å². The Kier molecular flexibility index (Phi) is 8.01. The Morgan fingerprint density at radius 3 is 2.36 bits per heavy atom. The SMILES string of the molecule is COCCC(C)NC(=O)CN(C)S(=O)(=O)c1ccc(NC(C)=O)cc1. The number of hydrogen-bond acceptors (Lipinski definition) is 5. The third kappa shape index (κ3) is 6.81. The first-order valence-electron chi connectivity index (χ1n) is 7.79. The van der Waals surface area contributed by atoms with Crippen LogP contribution >= 0.6 is 0 Å². The molecule has 0 aromatic heterocycles. The molecule has 0 saturated carbocycles. The number of ether oxygens (including phenoxy) is 1. The summed E-state index contributed by atoms with van der Waals surface area (Å²) in [6, 6.07) is 5.65. The second-order valence-electron chi connectivity index (χ2n) is 5.72. The highest BCUT2D eigenvalue weighted by Crippen LogP contribution is 2.17. The Morgan fingerprint density at radius 1 is 1.24 bits per heavy atom. The Morgan fingerprint density at radius 2 is 1.84 bits per heavy atom. The second-order valence-corrected chi connectivity index (χ2v) is 7.76. The van der Waals surface area contributed by atoms with Crippen LogP contribution < -0.4 is 10.6 Å². The third-order valence-corrected chi connectivity index (χ3v) is 5.23. The van der Waals surface area contributed by atoms with E-state index in [2.05, 4.69) is 10.6 Å². The molecule has 0 aliphatic rings. The third-order valence-electron chi connectivity index (χ3n) is 3.41. The van der Waals surface area contributed by atoms with Crippen LogP contribution in [0, 0.1) is 0 Å². The summed E-state index contributed by atoms with van der Waals surface area (Å²) in [5.74, 6) is -0.628. The fourth-order valence-corrected chi connectivity index (χ4v) is 3.20. The van der Waals surface area contributed by atoms with Crippen molar-refractivity contribution in [3.8, 4) is 0 Å². The number of anilines is 1. The number of rotatable bonds is 9. The van der Waals surface area contributed by atoms with Gasteiger partial charge >= 0.3 is 0 Å². The van der Waals surface area contributed by atoms with Crippen LogP contribution in [0.25, 0.3) is 0 Å². The molecule has 8 nitrogen and oxygen atoms in total. The van der Waals surface area contributed by atoms with Gasteiger partial charge < -0.3 is 15.4 Å². The molecule has 0 radical (unpaired) electrons. The quantitative estimate of drug-likeness (QED) is 0.668. The highest BCUT2D eigenvalue weighted by Gasteiger charge is 2.23. The van der Waals surface area contributed by atoms with E-state index in [9.17, 15) is 18.0 Å². The van der Waals surface area contributed by atoms with Crippen molar-refractivity contribution in [1.29, 1.82) is 0 Å². The number of methoxy groups -OCH3 is 1. The average Bonchev–Trinajstić information content (AvgIpc) is 2.52. The van der Waals surface area contributed by atoms with Gasteiger partial charge in [0.1, 0.15) is 0 Å². The number of carbonyl (C=O) groups is 2. The average molecular weight is 371 g/mol. The highest BCUT2D eigenvalue weighted by molar-refractivity contribution is 7.89. The molecule has 1 atom stereocenters. The molecule has 0 saturated heterocycles. The van der Waals surface area contributed by atoms with Gasteiger partial charge in [-0.2, -0.15) is 4.31 Å². The molecule has 0 aliphatic heterocycles. The Bertz CT molecular complexity index is 688. The summed E-state index contributed by atoms with van der Waals surface area (Å²) in [6.07, 6.45) is 0.642. The number of carbonyl (C=O) groups excluding carboxylic acids is 2. The standard InChI is InChI=1S/C16H25N3O5S/c1-12(9-10-24-4)17-16(21)11-19(3)25(22,23)15-7-5-14(6-8-15)18-13(2)20/h5-8,12H,9-11H2,1-4H3,(H,17,21)(H,18,20). The van der Waals surface area contributed by atoms with E-state index in [4.69, 9.17) is 4.74 Å². The van der Waals surface area contributed by atoms with Gasteiger partial charge in [0, 0.05) is 39.4 Å². The Balaban J connectivity index is 2.70. The molecule has 2 amide bonds. The summed E-state index contributed by atoms with van der Waals surface area (Å²) in [4.78, 5) is 23.0. The zero-order chi connectivity index (χ0) is 19.0. The minimum atomic E-state index is -3.80. The Hall–Kier alpha value is -1.97. The van der Waals surface area contributed by atoms with Crippen molar-refractivity contribution >= 4 is 27.5 Å². The molecular weight excluding hydrogens is 346 g/mol. The summed E-state index contributed by atoms with van der Waals surface area (Å²) in [7, 11) is -0.878. The van der Waals surface area contributed by atoms with E-state index in [0.717, 1.165) is 4.31 Å². The van der Waals surface area contributed by atoms with Crippen molar-refractivity contribution in [1.82, 2.24) is 9.62 Å². The molecule has 0 heterocycles. The maximum absolute atomic E-state index is 12.5. The zero-order valence-electron chi connectivity index (χ0n) is 14.9. The highest BCUT2D eigenvalue weighted by atomic mass is 32.2. The molecule has 2 N–H and O–H groups in total. The minimum absolute atomic E-state index is 0.0457. The monoisotopic (exact) mass is 371 g/mol. The van der Waals surface area contributed by atoms with E-state index in [1.807, 2.05) is 6.92 Å². The lowest BCUT2D eigenvalue weighted by Crippen LogP contribution is -2.42. The van der Waals surface area contributed by atoms with Crippen molar-refractivity contribution in [3.63, 3.8) is 0 Å². The molecule has 25 heavy (non-hydrogen) atoms. The molecule has 1 aromatic carbocycles. The molecule has 140 valence electrons. The second kappa shape index (κ2) is 9.50. The first-order valence-corrected chi connectivity index (χ1v) is 9.23. The fraction of sp³-hybridized carbons (Fsp3) is 0.500. The molecule has 1 rings (SSSR count). The fourth-order valence-electron chi connectivity index (χ4n) is 2.07. The van der Waals surface area contributed by atoms with Gasteiger partial charge in [0.25, 0.3) is 0 Å². The topological polar surface area (TPSA) is 105 Å². The largest absolute Gasteiger partial charge is 0.385 e. The maximum atomic E-state index is 12.5. The molecule has 9 heteroatoms. The number of hydrogen-bond donors (Lipinski definition) is 2. The van der Waals surface area contributed by atoms with Crippen LogP contribution in [0.2, 0.25) is 0 Å². The van der Waals surface area contributed by atoms with Gasteiger partial charge in [-0.3, -0.25) is 9.59 Å². The summed E-state index contributed by atoms with van der Waals surface area (Å²) >= 11 is 0. The van der Waals surface area contributed by atoms with Crippen LogP contribution in [-0.4, -0.2) is 57.9 Å². The van der Waals surface area contributed by atoms with E-state index >= 15 is 0 Å². The van der Waals surface area contributed by atoms with E-state index in [1.165, 1.54) is 38.2 Å². The molecule has 0 fully saturated rings. The summed E-state index contributed by atoms with van der Waals surface area (Å²) in [5.41, 5.74) is 0.499. The van der Waals surface area contributed by atoms with Gasteiger partial charge in [-0.1, -0.05) is 0 Å². The predicted molar refractivity (Wildman–Crippen MR) is 94.7 cm³/mol. The van der Waals surface area contributed by atoms with Gasteiger partial charge in [-0.25, -0.2) is 8.42 Å². The van der Waals surface area contributed by atoms with Gasteiger partial charge in [-0.05, 0) is 37.6 Å². The summed E-state index contributed by atoms with van der Waals surface area (Å²) < 4.78 is 30.9. The van der Waals surface area contributed by atoms with Crippen molar-refractivity contribution in [2.75, 3.05) is 32.6 Å². The lowest BCUT2D eigenvalue weighted by atomic mass is 10.2. The normalized spacial score (nSPS) is 12.7. The van der Waals surface area contributed by atoms with Gasteiger partial charge in [0.05, 0.1) is 11.4 Å². The van der Waals surface area contributed by atoms with Crippen LogP contribution in [-0.2, 0) is 24.3 Å². The van der Waals surface area contributed by atoms with Crippen LogP contribution in [0.3, 0.4) is 0 Å². The lowest BCUT2D eigenvalue weighted by Gasteiger charge is -2.19. The van der Waals surface area contributed by atoms with E-state index in [-0.39, 0.29) is 29.3 Å². The van der Waals surface area contributed by atoms with Crippen molar-refractivity contribution < 1.29 is 22.7 Å². The maximum Gasteiger partial charge on any atom is 0.243 e. The van der Waals surface area contributed by atoms with Gasteiger partial charge in [0.15, 0.2) is 0 Å². The molecule has 1 unspecified atom stereocenters. The van der Waals surface area contributed by atoms with Crippen LogP contribution in [0.1, 0.15) is 20.3 Å². The predicted octanol–water partition coefficient (Wildman–Crippen LogP) is 0.807. The minimum Gasteiger partial charge on any atom is -0.385 e. The van der Waals surface area contributed by atoms with Gasteiger partial charge in [0.2, 0.25) is 21.8 Å². The van der Waals surface area contributed by atoms with Crippen LogP contribution in [0.15, 0.2) is 29.2 Å². The van der Waals surface area contributed by atoms with E-state index < -0.39 is 10.0 Å². The van der Waals surface area contributed by atoms with Crippen LogP contribution in [0.4, 0.5) is 5.69 Å².